The summed E-state index contributed by atoms with van der Waals surface area (Å²) in [7, 11) is 1.78. The van der Waals surface area contributed by atoms with Gasteiger partial charge in [-0.15, -0.1) is 11.3 Å². The van der Waals surface area contributed by atoms with Crippen molar-refractivity contribution in [1.29, 1.82) is 0 Å². The highest BCUT2D eigenvalue weighted by molar-refractivity contribution is 7.18. The maximum atomic E-state index is 13.3. The van der Waals surface area contributed by atoms with Gasteiger partial charge in [0, 0.05) is 31.4 Å². The van der Waals surface area contributed by atoms with Crippen molar-refractivity contribution in [3.63, 3.8) is 0 Å². The zero-order valence-electron chi connectivity index (χ0n) is 20.0. The van der Waals surface area contributed by atoms with E-state index in [0.29, 0.717) is 34.0 Å². The minimum atomic E-state index is -3.14. The molecule has 1 aromatic heterocycles. The first-order chi connectivity index (χ1) is 17.7. The minimum absolute atomic E-state index is 0.00515. The number of alkyl halides is 2. The summed E-state index contributed by atoms with van der Waals surface area (Å²) in [6.07, 6.45) is 2.12. The van der Waals surface area contributed by atoms with Gasteiger partial charge in [0.1, 0.15) is 12.6 Å². The van der Waals surface area contributed by atoms with E-state index in [-0.39, 0.29) is 42.9 Å². The second-order valence-corrected chi connectivity index (χ2v) is 10.6. The van der Waals surface area contributed by atoms with Crippen LogP contribution < -0.4 is 20.3 Å². The molecule has 1 aromatic carbocycles. The Morgan fingerprint density at radius 3 is 2.73 bits per heavy atom. The van der Waals surface area contributed by atoms with E-state index in [1.165, 1.54) is 17.0 Å². The quantitative estimate of drug-likeness (QED) is 0.440. The summed E-state index contributed by atoms with van der Waals surface area (Å²) < 4.78 is 36.7. The molecule has 1 aliphatic carbocycles. The standard InChI is InChI=1S/C24H27ClF2N4O5S/c1-30(12-14-2-3-14)17(11-28-23(34)19-6-7-20(25)37-19)22(33)29-16-5-4-15(10-18(16)36-24(26)27)31-8-9-35-13-21(31)32/h4-7,10,14,17,24H,2-3,8-9,11-13H2,1H3,(H,28,34)(H,29,33)/t17-/m0/s1. The molecule has 13 heteroatoms. The van der Waals surface area contributed by atoms with Gasteiger partial charge in [-0.25, -0.2) is 0 Å². The van der Waals surface area contributed by atoms with Gasteiger partial charge in [0.25, 0.3) is 11.8 Å². The number of rotatable bonds is 11. The first-order valence-corrected chi connectivity index (χ1v) is 12.9. The normalized spacial score (nSPS) is 16.7. The first-order valence-electron chi connectivity index (χ1n) is 11.7. The zero-order valence-corrected chi connectivity index (χ0v) is 21.6. The molecule has 9 nitrogen and oxygen atoms in total. The maximum absolute atomic E-state index is 13.3. The van der Waals surface area contributed by atoms with Gasteiger partial charge in [0.05, 0.1) is 21.5 Å². The van der Waals surface area contributed by atoms with Gasteiger partial charge in [-0.05, 0) is 50.1 Å². The average molecular weight is 557 g/mol. The van der Waals surface area contributed by atoms with Crippen molar-refractivity contribution in [3.05, 3.63) is 39.5 Å². The molecule has 2 aromatic rings. The van der Waals surface area contributed by atoms with Crippen molar-refractivity contribution in [2.45, 2.75) is 25.5 Å². The minimum Gasteiger partial charge on any atom is -0.433 e. The number of anilines is 2. The molecule has 37 heavy (non-hydrogen) atoms. The molecule has 1 saturated carbocycles. The Kier molecular flexibility index (Phi) is 8.95. The summed E-state index contributed by atoms with van der Waals surface area (Å²) in [6.45, 7) is -2.03. The Morgan fingerprint density at radius 2 is 2.08 bits per heavy atom. The van der Waals surface area contributed by atoms with Gasteiger partial charge < -0.3 is 25.0 Å². The van der Waals surface area contributed by atoms with E-state index in [9.17, 15) is 23.2 Å². The van der Waals surface area contributed by atoms with Crippen LogP contribution in [0.4, 0.5) is 20.2 Å². The Labute approximate surface area is 221 Å². The van der Waals surface area contributed by atoms with Crippen LogP contribution in [0.25, 0.3) is 0 Å². The molecule has 0 unspecified atom stereocenters. The number of ether oxygens (including phenoxy) is 2. The highest BCUT2D eigenvalue weighted by Crippen LogP contribution is 2.33. The van der Waals surface area contributed by atoms with Crippen molar-refractivity contribution < 1.29 is 32.6 Å². The molecule has 4 rings (SSSR count). The van der Waals surface area contributed by atoms with E-state index in [2.05, 4.69) is 15.4 Å². The number of hydrogen-bond donors (Lipinski definition) is 2. The van der Waals surface area contributed by atoms with E-state index in [1.54, 1.807) is 25.2 Å². The number of thiophene rings is 1. The number of hydrogen-bond acceptors (Lipinski definition) is 7. The van der Waals surface area contributed by atoms with Gasteiger partial charge in [0.2, 0.25) is 5.91 Å². The van der Waals surface area contributed by atoms with Crippen molar-refractivity contribution in [1.82, 2.24) is 10.2 Å². The molecule has 2 heterocycles. The summed E-state index contributed by atoms with van der Waals surface area (Å²) in [5.41, 5.74) is 0.377. The summed E-state index contributed by atoms with van der Waals surface area (Å²) in [5.74, 6) is -0.982. The number of amides is 3. The summed E-state index contributed by atoms with van der Waals surface area (Å²) in [4.78, 5) is 41.7. The third-order valence-electron chi connectivity index (χ3n) is 6.07. The number of nitrogens with one attached hydrogen (secondary N) is 2. The van der Waals surface area contributed by atoms with Crippen LogP contribution >= 0.6 is 22.9 Å². The molecule has 0 radical (unpaired) electrons. The topological polar surface area (TPSA) is 100 Å². The number of halogens is 3. The smallest absolute Gasteiger partial charge is 0.387 e. The highest BCUT2D eigenvalue weighted by atomic mass is 35.5. The van der Waals surface area contributed by atoms with E-state index < -0.39 is 18.6 Å². The molecule has 1 saturated heterocycles. The summed E-state index contributed by atoms with van der Waals surface area (Å²) in [5, 5.41) is 5.42. The number of likely N-dealkylation sites (N-methyl/N-ethyl adjacent to an activating group) is 1. The lowest BCUT2D eigenvalue weighted by atomic mass is 10.2. The number of benzene rings is 1. The molecule has 0 bridgehead atoms. The molecule has 1 atom stereocenters. The van der Waals surface area contributed by atoms with Crippen molar-refractivity contribution >= 4 is 52.0 Å². The second kappa shape index (κ2) is 12.2. The molecular weight excluding hydrogens is 530 g/mol. The monoisotopic (exact) mass is 556 g/mol. The zero-order chi connectivity index (χ0) is 26.5. The number of carbonyl (C=O) groups is 3. The fraction of sp³-hybridized carbons (Fsp3) is 0.458. The fourth-order valence-electron chi connectivity index (χ4n) is 3.98. The van der Waals surface area contributed by atoms with Crippen LogP contribution in [-0.4, -0.2) is 75.2 Å². The van der Waals surface area contributed by atoms with Crippen molar-refractivity contribution in [2.24, 2.45) is 5.92 Å². The fourth-order valence-corrected chi connectivity index (χ4v) is 4.94. The Morgan fingerprint density at radius 1 is 1.30 bits per heavy atom. The summed E-state index contributed by atoms with van der Waals surface area (Å²) in [6, 6.07) is 6.68. The highest BCUT2D eigenvalue weighted by Gasteiger charge is 2.31. The van der Waals surface area contributed by atoms with E-state index in [1.807, 2.05) is 4.90 Å². The third-order valence-corrected chi connectivity index (χ3v) is 7.30. The SMILES string of the molecule is CN(CC1CC1)[C@@H](CNC(=O)c1ccc(Cl)s1)C(=O)Nc1ccc(N2CCOCC2=O)cc1OC(F)F. The largest absolute Gasteiger partial charge is 0.433 e. The van der Waals surface area contributed by atoms with Crippen LogP contribution in [0, 0.1) is 5.92 Å². The molecule has 200 valence electrons. The number of carbonyl (C=O) groups excluding carboxylic acids is 3. The molecular formula is C24H27ClF2N4O5S. The third kappa shape index (κ3) is 7.37. The van der Waals surface area contributed by atoms with Crippen LogP contribution in [0.2, 0.25) is 4.34 Å². The number of nitrogens with zero attached hydrogens (tertiary/aromatic N) is 2. The summed E-state index contributed by atoms with van der Waals surface area (Å²) >= 11 is 7.04. The lowest BCUT2D eigenvalue weighted by Gasteiger charge is -2.29. The molecule has 2 aliphatic rings. The van der Waals surface area contributed by atoms with Crippen LogP contribution in [0.5, 0.6) is 5.75 Å². The van der Waals surface area contributed by atoms with Gasteiger partial charge in [0.15, 0.2) is 5.75 Å². The van der Waals surface area contributed by atoms with E-state index in [0.717, 1.165) is 24.2 Å². The van der Waals surface area contributed by atoms with Crippen LogP contribution in [0.1, 0.15) is 22.5 Å². The first kappa shape index (κ1) is 27.2. The van der Waals surface area contributed by atoms with E-state index >= 15 is 0 Å². The maximum Gasteiger partial charge on any atom is 0.387 e. The van der Waals surface area contributed by atoms with Crippen LogP contribution in [0.3, 0.4) is 0 Å². The molecule has 2 fully saturated rings. The Hall–Kier alpha value is -2.80. The van der Waals surface area contributed by atoms with Crippen molar-refractivity contribution in [3.8, 4) is 5.75 Å². The average Bonchev–Trinajstić information content (AvgIpc) is 3.56. The van der Waals surface area contributed by atoms with Crippen molar-refractivity contribution in [2.75, 3.05) is 50.1 Å². The van der Waals surface area contributed by atoms with Crippen LogP contribution in [0.15, 0.2) is 30.3 Å². The van der Waals surface area contributed by atoms with Gasteiger partial charge >= 0.3 is 6.61 Å². The Bertz CT molecular complexity index is 1150. The van der Waals surface area contributed by atoms with Crippen LogP contribution in [-0.2, 0) is 14.3 Å². The second-order valence-electron chi connectivity index (χ2n) is 8.86. The lowest BCUT2D eigenvalue weighted by molar-refractivity contribution is -0.125. The Balaban J connectivity index is 1.51. The molecule has 1 aliphatic heterocycles. The molecule has 2 N–H and O–H groups in total. The predicted octanol–water partition coefficient (Wildman–Crippen LogP) is 3.45. The molecule has 0 spiro atoms. The lowest BCUT2D eigenvalue weighted by Crippen LogP contribution is -2.49. The van der Waals surface area contributed by atoms with E-state index in [4.69, 9.17) is 16.3 Å². The van der Waals surface area contributed by atoms with Gasteiger partial charge in [-0.1, -0.05) is 11.6 Å². The predicted molar refractivity (Wildman–Crippen MR) is 136 cm³/mol. The van der Waals surface area contributed by atoms with Gasteiger partial charge in [-0.3, -0.25) is 19.3 Å². The van der Waals surface area contributed by atoms with Gasteiger partial charge in [-0.2, -0.15) is 8.78 Å². The number of morpholine rings is 1. The molecule has 3 amide bonds.